The third kappa shape index (κ3) is 4.57. The van der Waals surface area contributed by atoms with E-state index in [-0.39, 0.29) is 18.3 Å². The molecule has 0 fully saturated rings. The number of carbonyl (C=O) groups is 2. The van der Waals surface area contributed by atoms with Gasteiger partial charge in [-0.3, -0.25) is 0 Å². The van der Waals surface area contributed by atoms with Crippen molar-refractivity contribution in [3.63, 3.8) is 0 Å². The average Bonchev–Trinajstić information content (AvgIpc) is 2.93. The van der Waals surface area contributed by atoms with Crippen molar-refractivity contribution in [3.8, 4) is 0 Å². The molecule has 0 aliphatic heterocycles. The van der Waals surface area contributed by atoms with Gasteiger partial charge in [0, 0.05) is 11.9 Å². The number of benzene rings is 1. The predicted octanol–water partition coefficient (Wildman–Crippen LogP) is 2.15. The summed E-state index contributed by atoms with van der Waals surface area (Å²) in [4.78, 5) is 26.2. The van der Waals surface area contributed by atoms with E-state index in [0.29, 0.717) is 11.6 Å². The number of nitrogens with one attached hydrogen (secondary N) is 2. The van der Waals surface area contributed by atoms with Crippen molar-refractivity contribution in [1.29, 1.82) is 0 Å². The first-order valence-electron chi connectivity index (χ1n) is 6.29. The molecule has 0 saturated carbocycles. The number of aromatic nitrogens is 1. The highest BCUT2D eigenvalue weighted by Gasteiger charge is 2.09. The topological polar surface area (TPSA) is 91.3 Å². The van der Waals surface area contributed by atoms with Gasteiger partial charge in [-0.2, -0.15) is 0 Å². The predicted molar refractivity (Wildman–Crippen MR) is 79.3 cm³/mol. The lowest BCUT2D eigenvalue weighted by Crippen LogP contribution is -2.34. The van der Waals surface area contributed by atoms with E-state index in [0.717, 1.165) is 5.56 Å². The van der Waals surface area contributed by atoms with Gasteiger partial charge in [-0.1, -0.05) is 29.8 Å². The Morgan fingerprint density at radius 2 is 1.86 bits per heavy atom. The Hall–Kier alpha value is -2.41. The fraction of sp³-hybridized carbons (Fsp3) is 0.214. The number of amides is 2. The second-order valence-electron chi connectivity index (χ2n) is 4.45. The second kappa shape index (κ2) is 6.85. The molecule has 0 atom stereocenters. The number of carboxylic acids is 1. The second-order valence-corrected chi connectivity index (χ2v) is 5.40. The Balaban J connectivity index is 1.76. The van der Waals surface area contributed by atoms with Crippen molar-refractivity contribution in [2.75, 3.05) is 0 Å². The fourth-order valence-corrected chi connectivity index (χ4v) is 2.30. The number of hydrogen-bond acceptors (Lipinski definition) is 4. The van der Waals surface area contributed by atoms with Crippen molar-refractivity contribution in [2.24, 2.45) is 0 Å². The molecule has 0 radical (unpaired) electrons. The van der Waals surface area contributed by atoms with E-state index in [1.807, 2.05) is 31.2 Å². The molecule has 7 heteroatoms. The van der Waals surface area contributed by atoms with Crippen LogP contribution in [0.5, 0.6) is 0 Å². The minimum absolute atomic E-state index is 0.00290. The first-order chi connectivity index (χ1) is 10.0. The molecule has 0 bridgehead atoms. The lowest BCUT2D eigenvalue weighted by atomic mass is 10.1. The largest absolute Gasteiger partial charge is 0.476 e. The summed E-state index contributed by atoms with van der Waals surface area (Å²) in [5.74, 6) is -1.07. The minimum Gasteiger partial charge on any atom is -0.476 e. The maximum absolute atomic E-state index is 11.6. The van der Waals surface area contributed by atoms with Gasteiger partial charge in [0.15, 0.2) is 5.69 Å². The van der Waals surface area contributed by atoms with E-state index < -0.39 is 5.97 Å². The minimum atomic E-state index is -1.07. The summed E-state index contributed by atoms with van der Waals surface area (Å²) in [6.45, 7) is 2.64. The molecule has 0 spiro atoms. The molecule has 110 valence electrons. The lowest BCUT2D eigenvalue weighted by molar-refractivity contribution is 0.0691. The van der Waals surface area contributed by atoms with Gasteiger partial charge in [0.05, 0.1) is 6.54 Å². The van der Waals surface area contributed by atoms with Crippen LogP contribution < -0.4 is 10.6 Å². The Morgan fingerprint density at radius 1 is 1.19 bits per heavy atom. The van der Waals surface area contributed by atoms with E-state index in [4.69, 9.17) is 5.11 Å². The van der Waals surface area contributed by atoms with E-state index in [2.05, 4.69) is 15.6 Å². The average molecular weight is 305 g/mol. The van der Waals surface area contributed by atoms with Crippen LogP contribution >= 0.6 is 11.3 Å². The van der Waals surface area contributed by atoms with Crippen LogP contribution in [0.15, 0.2) is 29.6 Å². The molecule has 1 aromatic heterocycles. The molecule has 1 heterocycles. The van der Waals surface area contributed by atoms with Gasteiger partial charge in [-0.15, -0.1) is 11.3 Å². The Kier molecular flexibility index (Phi) is 4.89. The van der Waals surface area contributed by atoms with Gasteiger partial charge in [-0.25, -0.2) is 14.6 Å². The summed E-state index contributed by atoms with van der Waals surface area (Å²) >= 11 is 1.20. The van der Waals surface area contributed by atoms with Gasteiger partial charge in [0.25, 0.3) is 0 Å². The molecule has 3 N–H and O–H groups in total. The molecule has 1 aromatic carbocycles. The lowest BCUT2D eigenvalue weighted by Gasteiger charge is -2.06. The number of aromatic carboxylic acids is 1. The number of carboxylic acid groups (broad SMARTS) is 1. The molecule has 6 nitrogen and oxygen atoms in total. The van der Waals surface area contributed by atoms with Gasteiger partial charge >= 0.3 is 12.0 Å². The molecular formula is C14H15N3O3S. The maximum Gasteiger partial charge on any atom is 0.355 e. The highest BCUT2D eigenvalue weighted by Crippen LogP contribution is 2.09. The van der Waals surface area contributed by atoms with Crippen LogP contribution in [-0.4, -0.2) is 22.1 Å². The van der Waals surface area contributed by atoms with Crippen LogP contribution in [0, 0.1) is 6.92 Å². The van der Waals surface area contributed by atoms with Gasteiger partial charge in [0.2, 0.25) is 0 Å². The fourth-order valence-electron chi connectivity index (χ4n) is 1.60. The van der Waals surface area contributed by atoms with Crippen molar-refractivity contribution >= 4 is 23.3 Å². The van der Waals surface area contributed by atoms with Crippen molar-refractivity contribution in [2.45, 2.75) is 20.0 Å². The SMILES string of the molecule is Cc1ccc(CNC(=O)NCc2nc(C(=O)O)cs2)cc1. The quantitative estimate of drug-likeness (QED) is 0.789. The summed E-state index contributed by atoms with van der Waals surface area (Å²) in [6, 6.07) is 7.56. The van der Waals surface area contributed by atoms with E-state index in [9.17, 15) is 9.59 Å². The summed E-state index contributed by atoms with van der Waals surface area (Å²) in [6.07, 6.45) is 0. The Bertz CT molecular complexity index is 637. The van der Waals surface area contributed by atoms with Gasteiger partial charge in [-0.05, 0) is 12.5 Å². The normalized spacial score (nSPS) is 10.1. The zero-order valence-corrected chi connectivity index (χ0v) is 12.2. The number of aryl methyl sites for hydroxylation is 1. The van der Waals surface area contributed by atoms with E-state index in [1.165, 1.54) is 22.3 Å². The summed E-state index contributed by atoms with van der Waals surface area (Å²) in [5, 5.41) is 16.1. The molecule has 0 aliphatic rings. The van der Waals surface area contributed by atoms with E-state index >= 15 is 0 Å². The zero-order chi connectivity index (χ0) is 15.2. The molecule has 2 aromatic rings. The first kappa shape index (κ1) is 15.0. The number of nitrogens with zero attached hydrogens (tertiary/aromatic N) is 1. The van der Waals surface area contributed by atoms with E-state index in [1.54, 1.807) is 0 Å². The standard InChI is InChI=1S/C14H15N3O3S/c1-9-2-4-10(5-3-9)6-15-14(20)16-7-12-17-11(8-21-12)13(18)19/h2-5,8H,6-7H2,1H3,(H,18,19)(H2,15,16,20). The third-order valence-corrected chi connectivity index (χ3v) is 3.59. The summed E-state index contributed by atoms with van der Waals surface area (Å²) in [5.41, 5.74) is 2.18. The number of thiazole rings is 1. The number of urea groups is 1. The van der Waals surface area contributed by atoms with Crippen LogP contribution in [0.25, 0.3) is 0 Å². The number of carbonyl (C=O) groups excluding carboxylic acids is 1. The molecular weight excluding hydrogens is 290 g/mol. The summed E-state index contributed by atoms with van der Waals surface area (Å²) in [7, 11) is 0. The van der Waals surface area contributed by atoms with Crippen LogP contribution in [-0.2, 0) is 13.1 Å². The zero-order valence-electron chi connectivity index (χ0n) is 11.4. The highest BCUT2D eigenvalue weighted by molar-refractivity contribution is 7.09. The van der Waals surface area contributed by atoms with Crippen molar-refractivity contribution in [3.05, 3.63) is 51.5 Å². The molecule has 2 rings (SSSR count). The van der Waals surface area contributed by atoms with Crippen LogP contribution in [0.1, 0.15) is 26.6 Å². The third-order valence-electron chi connectivity index (χ3n) is 2.74. The van der Waals surface area contributed by atoms with Crippen molar-refractivity contribution < 1.29 is 14.7 Å². The smallest absolute Gasteiger partial charge is 0.355 e. The molecule has 2 amide bonds. The van der Waals surface area contributed by atoms with Crippen LogP contribution in [0.3, 0.4) is 0 Å². The molecule has 0 unspecified atom stereocenters. The molecule has 0 saturated heterocycles. The maximum atomic E-state index is 11.6. The Labute approximate surface area is 125 Å². The molecule has 0 aliphatic carbocycles. The Morgan fingerprint density at radius 3 is 2.48 bits per heavy atom. The monoisotopic (exact) mass is 305 g/mol. The van der Waals surface area contributed by atoms with Crippen LogP contribution in [0.2, 0.25) is 0 Å². The van der Waals surface area contributed by atoms with Gasteiger partial charge in [0.1, 0.15) is 5.01 Å². The molecule has 21 heavy (non-hydrogen) atoms. The first-order valence-corrected chi connectivity index (χ1v) is 7.17. The number of hydrogen-bond donors (Lipinski definition) is 3. The summed E-state index contributed by atoms with van der Waals surface area (Å²) < 4.78 is 0. The van der Waals surface area contributed by atoms with Crippen molar-refractivity contribution in [1.82, 2.24) is 15.6 Å². The number of rotatable bonds is 5. The van der Waals surface area contributed by atoms with Gasteiger partial charge < -0.3 is 15.7 Å². The highest BCUT2D eigenvalue weighted by atomic mass is 32.1. The van der Waals surface area contributed by atoms with Crippen LogP contribution in [0.4, 0.5) is 4.79 Å².